The van der Waals surface area contributed by atoms with Crippen LogP contribution >= 0.6 is 11.3 Å². The summed E-state index contributed by atoms with van der Waals surface area (Å²) in [6, 6.07) is 8.29. The molecule has 0 aliphatic rings. The number of nitrogens with two attached hydrogens (primary N) is 1. The second-order valence-corrected chi connectivity index (χ2v) is 6.05. The fourth-order valence-electron chi connectivity index (χ4n) is 1.71. The first-order chi connectivity index (χ1) is 7.97. The zero-order valence-electron chi connectivity index (χ0n) is 10.3. The highest BCUT2D eigenvalue weighted by atomic mass is 32.1. The van der Waals surface area contributed by atoms with E-state index >= 15 is 0 Å². The molecule has 3 N–H and O–H groups in total. The third-order valence-electron chi connectivity index (χ3n) is 2.50. The highest BCUT2D eigenvalue weighted by molar-refractivity contribution is 7.19. The average molecular weight is 247 g/mol. The second-order valence-electron chi connectivity index (χ2n) is 4.99. The van der Waals surface area contributed by atoms with Gasteiger partial charge in [-0.2, -0.15) is 0 Å². The van der Waals surface area contributed by atoms with Crippen molar-refractivity contribution in [1.29, 1.82) is 0 Å². The van der Waals surface area contributed by atoms with Crippen LogP contribution in [-0.4, -0.2) is 4.98 Å². The lowest BCUT2D eigenvalue weighted by atomic mass is 9.86. The second kappa shape index (κ2) is 4.37. The van der Waals surface area contributed by atoms with Gasteiger partial charge in [-0.05, 0) is 17.0 Å². The summed E-state index contributed by atoms with van der Waals surface area (Å²) in [5.74, 6) is 0. The molecule has 2 aromatic rings. The maximum Gasteiger partial charge on any atom is 0.189 e. The number of para-hydroxylation sites is 1. The molecule has 0 spiro atoms. The summed E-state index contributed by atoms with van der Waals surface area (Å²) in [7, 11) is 0. The zero-order valence-corrected chi connectivity index (χ0v) is 11.1. The molecule has 90 valence electrons. The Kier molecular flexibility index (Phi) is 3.07. The van der Waals surface area contributed by atoms with Crippen molar-refractivity contribution in [2.24, 2.45) is 0 Å². The van der Waals surface area contributed by atoms with Crippen molar-refractivity contribution in [2.45, 2.75) is 26.2 Å². The van der Waals surface area contributed by atoms with Crippen LogP contribution < -0.4 is 11.1 Å². The largest absolute Gasteiger partial charge is 0.389 e. The number of anilines is 3. The van der Waals surface area contributed by atoms with Gasteiger partial charge in [-0.25, -0.2) is 4.98 Å². The third kappa shape index (κ3) is 2.77. The summed E-state index contributed by atoms with van der Waals surface area (Å²) < 4.78 is 0. The number of aromatic nitrogens is 1. The molecule has 0 bridgehead atoms. The van der Waals surface area contributed by atoms with E-state index in [0.29, 0.717) is 0 Å². The van der Waals surface area contributed by atoms with Crippen molar-refractivity contribution in [1.82, 2.24) is 4.98 Å². The van der Waals surface area contributed by atoms with E-state index in [2.05, 4.69) is 49.3 Å². The Morgan fingerprint density at radius 2 is 1.94 bits per heavy atom. The van der Waals surface area contributed by atoms with Crippen LogP contribution in [0.2, 0.25) is 0 Å². The van der Waals surface area contributed by atoms with Gasteiger partial charge in [0.1, 0.15) is 5.00 Å². The van der Waals surface area contributed by atoms with E-state index in [1.807, 2.05) is 6.07 Å². The molecule has 4 heteroatoms. The van der Waals surface area contributed by atoms with Gasteiger partial charge in [-0.1, -0.05) is 50.3 Å². The van der Waals surface area contributed by atoms with Crippen molar-refractivity contribution in [3.8, 4) is 0 Å². The molecule has 0 amide bonds. The maximum atomic E-state index is 5.67. The molecule has 1 aromatic heterocycles. The van der Waals surface area contributed by atoms with Crippen LogP contribution in [0.4, 0.5) is 15.8 Å². The summed E-state index contributed by atoms with van der Waals surface area (Å²) in [4.78, 5) is 4.22. The number of benzene rings is 1. The average Bonchev–Trinajstić information content (AvgIpc) is 2.63. The third-order valence-corrected chi connectivity index (χ3v) is 3.24. The van der Waals surface area contributed by atoms with E-state index in [4.69, 9.17) is 5.73 Å². The lowest BCUT2D eigenvalue weighted by molar-refractivity contribution is 0.592. The fraction of sp³-hybridized carbons (Fsp3) is 0.308. The topological polar surface area (TPSA) is 50.9 Å². The van der Waals surface area contributed by atoms with E-state index in [9.17, 15) is 0 Å². The lowest BCUT2D eigenvalue weighted by Crippen LogP contribution is -2.13. The van der Waals surface area contributed by atoms with Crippen molar-refractivity contribution in [3.63, 3.8) is 0 Å². The number of rotatable bonds is 2. The Labute approximate surface area is 106 Å². The molecule has 0 fully saturated rings. The van der Waals surface area contributed by atoms with E-state index in [-0.39, 0.29) is 5.41 Å². The lowest BCUT2D eigenvalue weighted by Gasteiger charge is -2.22. The van der Waals surface area contributed by atoms with Crippen LogP contribution in [0.25, 0.3) is 0 Å². The van der Waals surface area contributed by atoms with E-state index in [1.54, 1.807) is 6.20 Å². The van der Waals surface area contributed by atoms with Crippen LogP contribution in [-0.2, 0) is 5.41 Å². The van der Waals surface area contributed by atoms with Gasteiger partial charge < -0.3 is 11.1 Å². The first-order valence-corrected chi connectivity index (χ1v) is 6.36. The van der Waals surface area contributed by atoms with Gasteiger partial charge in [0.2, 0.25) is 0 Å². The summed E-state index contributed by atoms with van der Waals surface area (Å²) in [5, 5.41) is 4.88. The number of hydrogen-bond acceptors (Lipinski definition) is 4. The Bertz CT molecular complexity index is 511. The van der Waals surface area contributed by atoms with Crippen molar-refractivity contribution in [2.75, 3.05) is 11.1 Å². The summed E-state index contributed by atoms with van der Waals surface area (Å²) in [6.45, 7) is 6.59. The van der Waals surface area contributed by atoms with Crippen molar-refractivity contribution < 1.29 is 0 Å². The minimum atomic E-state index is 0.104. The van der Waals surface area contributed by atoms with Crippen LogP contribution in [0.1, 0.15) is 26.3 Å². The van der Waals surface area contributed by atoms with E-state index in [1.165, 1.54) is 16.9 Å². The molecule has 0 atom stereocenters. The molecule has 0 radical (unpaired) electrons. The van der Waals surface area contributed by atoms with Crippen molar-refractivity contribution in [3.05, 3.63) is 36.0 Å². The molecule has 1 aromatic carbocycles. The van der Waals surface area contributed by atoms with Gasteiger partial charge in [0.25, 0.3) is 0 Å². The Morgan fingerprint density at radius 1 is 1.24 bits per heavy atom. The molecule has 0 aliphatic carbocycles. The number of nitrogens with zero attached hydrogens (tertiary/aromatic N) is 1. The van der Waals surface area contributed by atoms with Crippen LogP contribution in [0.5, 0.6) is 0 Å². The molecular formula is C13H17N3S. The van der Waals surface area contributed by atoms with Gasteiger partial charge >= 0.3 is 0 Å². The molecule has 0 unspecified atom stereocenters. The summed E-state index contributed by atoms with van der Waals surface area (Å²) in [5.41, 5.74) is 8.14. The quantitative estimate of drug-likeness (QED) is 0.849. The van der Waals surface area contributed by atoms with Gasteiger partial charge in [0.05, 0.1) is 6.20 Å². The Balaban J connectivity index is 2.33. The molecule has 1 heterocycles. The smallest absolute Gasteiger partial charge is 0.189 e. The fourth-order valence-corrected chi connectivity index (χ4v) is 2.30. The normalized spacial score (nSPS) is 11.5. The minimum Gasteiger partial charge on any atom is -0.389 e. The minimum absolute atomic E-state index is 0.104. The first kappa shape index (κ1) is 11.9. The van der Waals surface area contributed by atoms with Gasteiger partial charge in [-0.15, -0.1) is 0 Å². The van der Waals surface area contributed by atoms with E-state index in [0.717, 1.165) is 15.8 Å². The molecule has 3 nitrogen and oxygen atoms in total. The molecule has 0 aliphatic heterocycles. The predicted octanol–water partition coefficient (Wildman–Crippen LogP) is 3.77. The summed E-state index contributed by atoms with van der Waals surface area (Å²) in [6.07, 6.45) is 1.67. The summed E-state index contributed by atoms with van der Waals surface area (Å²) >= 11 is 1.46. The van der Waals surface area contributed by atoms with Gasteiger partial charge in [-0.3, -0.25) is 0 Å². The number of hydrogen-bond donors (Lipinski definition) is 2. The molecular weight excluding hydrogens is 230 g/mol. The highest BCUT2D eigenvalue weighted by Gasteiger charge is 2.17. The molecule has 0 saturated heterocycles. The first-order valence-electron chi connectivity index (χ1n) is 5.54. The number of nitrogen functional groups attached to an aromatic ring is 1. The van der Waals surface area contributed by atoms with Crippen LogP contribution in [0.15, 0.2) is 30.5 Å². The van der Waals surface area contributed by atoms with E-state index < -0.39 is 0 Å². The van der Waals surface area contributed by atoms with Gasteiger partial charge in [0, 0.05) is 5.69 Å². The van der Waals surface area contributed by atoms with Gasteiger partial charge in [0.15, 0.2) is 5.13 Å². The maximum absolute atomic E-state index is 5.67. The highest BCUT2D eigenvalue weighted by Crippen LogP contribution is 2.32. The molecule has 2 rings (SSSR count). The van der Waals surface area contributed by atoms with Crippen molar-refractivity contribution >= 4 is 27.2 Å². The zero-order chi connectivity index (χ0) is 12.5. The molecule has 17 heavy (non-hydrogen) atoms. The van der Waals surface area contributed by atoms with Crippen LogP contribution in [0.3, 0.4) is 0 Å². The molecule has 0 saturated carbocycles. The Hall–Kier alpha value is -1.55. The monoisotopic (exact) mass is 247 g/mol. The number of nitrogens with one attached hydrogen (secondary N) is 1. The SMILES string of the molecule is CC(C)(C)c1ccccc1Nc1ncc(N)s1. The Morgan fingerprint density at radius 3 is 2.53 bits per heavy atom. The standard InChI is InChI=1S/C13H17N3S/c1-13(2,3)9-6-4-5-7-10(9)16-12-15-8-11(14)17-12/h4-8H,14H2,1-3H3,(H,15,16). The predicted molar refractivity (Wildman–Crippen MR) is 75.0 cm³/mol. The van der Waals surface area contributed by atoms with Crippen LogP contribution in [0, 0.1) is 0 Å². The number of thiazole rings is 1.